The molecule has 0 fully saturated rings. The number of carbonyl (C=O) groups excluding carboxylic acids is 1. The van der Waals surface area contributed by atoms with E-state index in [0.29, 0.717) is 23.4 Å². The number of aromatic nitrogens is 4. The van der Waals surface area contributed by atoms with Crippen LogP contribution in [0, 0.1) is 0 Å². The van der Waals surface area contributed by atoms with Crippen molar-refractivity contribution in [2.24, 2.45) is 12.8 Å². The molecule has 0 bridgehead atoms. The van der Waals surface area contributed by atoms with Gasteiger partial charge in [-0.25, -0.2) is 14.8 Å². The van der Waals surface area contributed by atoms with Crippen molar-refractivity contribution in [1.82, 2.24) is 19.1 Å². The van der Waals surface area contributed by atoms with E-state index in [0.717, 1.165) is 40.2 Å². The molecule has 3 heterocycles. The number of rotatable bonds is 9. The molecule has 0 aliphatic rings. The molecule has 0 aliphatic carbocycles. The maximum Gasteiger partial charge on any atom is 0.338 e. The summed E-state index contributed by atoms with van der Waals surface area (Å²) >= 11 is 0. The van der Waals surface area contributed by atoms with Crippen molar-refractivity contribution in [2.75, 3.05) is 7.11 Å². The molecule has 2 aromatic carbocycles. The van der Waals surface area contributed by atoms with Crippen molar-refractivity contribution in [3.05, 3.63) is 89.6 Å². The number of hydrogen-bond acceptors (Lipinski definition) is 6. The number of imidazole rings is 1. The minimum atomic E-state index is -0.414. The van der Waals surface area contributed by atoms with Crippen LogP contribution >= 0.6 is 0 Å². The number of fused-ring (bicyclic) bond motifs is 2. The highest BCUT2D eigenvalue weighted by molar-refractivity contribution is 5.97. The molecule has 5 aromatic rings. The predicted molar refractivity (Wildman–Crippen MR) is 159 cm³/mol. The van der Waals surface area contributed by atoms with Crippen molar-refractivity contribution in [1.29, 1.82) is 0 Å². The number of pyridine rings is 1. The molecule has 8 nitrogen and oxygen atoms in total. The molecule has 0 radical (unpaired) electrons. The number of allylic oxidation sites excluding steroid dienone is 1. The first-order valence-electron chi connectivity index (χ1n) is 13.4. The van der Waals surface area contributed by atoms with E-state index in [4.69, 9.17) is 25.2 Å². The molecule has 206 valence electrons. The lowest BCUT2D eigenvalue weighted by Crippen LogP contribution is -2.11. The molecule has 3 aromatic heterocycles. The van der Waals surface area contributed by atoms with Crippen molar-refractivity contribution in [3.8, 4) is 17.3 Å². The Morgan fingerprint density at radius 2 is 1.82 bits per heavy atom. The molecule has 1 atom stereocenters. The zero-order valence-corrected chi connectivity index (χ0v) is 23.6. The standard InChI is InChI=1S/C32H35N5O3/c1-7-10-21-11-8-9-12-23(21)18-37-27(16-22-13-14-25(20(4)33)34-30(22)37)31-35-26-15-24(32(38)40-19(2)3)17-28(39-6)29(26)36(31)5/h7-9,11-17,19-20H,1,10,18,33H2,2-6H3. The Bertz CT molecular complexity index is 1730. The topological polar surface area (TPSA) is 97.2 Å². The molecule has 5 rings (SSSR count). The van der Waals surface area contributed by atoms with Gasteiger partial charge in [-0.05, 0) is 68.7 Å². The number of benzene rings is 2. The van der Waals surface area contributed by atoms with Crippen LogP contribution in [0.15, 0.2) is 67.3 Å². The third-order valence-electron chi connectivity index (χ3n) is 7.00. The third-order valence-corrected chi connectivity index (χ3v) is 7.00. The van der Waals surface area contributed by atoms with Crippen LogP contribution in [0.3, 0.4) is 0 Å². The normalized spacial score (nSPS) is 12.3. The van der Waals surface area contributed by atoms with E-state index in [1.165, 1.54) is 11.1 Å². The van der Waals surface area contributed by atoms with Crippen molar-refractivity contribution in [2.45, 2.75) is 45.9 Å². The summed E-state index contributed by atoms with van der Waals surface area (Å²) in [6.45, 7) is 10.1. The first-order valence-corrected chi connectivity index (χ1v) is 13.4. The summed E-state index contributed by atoms with van der Waals surface area (Å²) in [6.07, 6.45) is 2.45. The number of hydrogen-bond donors (Lipinski definition) is 1. The van der Waals surface area contributed by atoms with E-state index in [-0.39, 0.29) is 12.1 Å². The van der Waals surface area contributed by atoms with Gasteiger partial charge >= 0.3 is 5.97 Å². The van der Waals surface area contributed by atoms with Gasteiger partial charge in [-0.3, -0.25) is 0 Å². The smallest absolute Gasteiger partial charge is 0.338 e. The first-order chi connectivity index (χ1) is 19.2. The molecule has 40 heavy (non-hydrogen) atoms. The fraction of sp³-hybridized carbons (Fsp3) is 0.281. The number of nitrogens with zero attached hydrogens (tertiary/aromatic N) is 4. The highest BCUT2D eigenvalue weighted by Gasteiger charge is 2.23. The SMILES string of the molecule is C=CCc1ccccc1Cn1c(-c2nc3cc(C(=O)OC(C)C)cc(OC)c3n2C)cc2ccc(C(C)N)nc21. The number of carbonyl (C=O) groups is 1. The maximum absolute atomic E-state index is 12.7. The first kappa shape index (κ1) is 27.1. The highest BCUT2D eigenvalue weighted by Crippen LogP contribution is 2.35. The van der Waals surface area contributed by atoms with Gasteiger partial charge in [0.2, 0.25) is 0 Å². The fourth-order valence-corrected chi connectivity index (χ4v) is 5.07. The average molecular weight is 538 g/mol. The summed E-state index contributed by atoms with van der Waals surface area (Å²) < 4.78 is 15.3. The van der Waals surface area contributed by atoms with Crippen LogP contribution < -0.4 is 10.5 Å². The van der Waals surface area contributed by atoms with E-state index in [2.05, 4.69) is 35.4 Å². The number of esters is 1. The lowest BCUT2D eigenvalue weighted by molar-refractivity contribution is 0.0377. The largest absolute Gasteiger partial charge is 0.494 e. The van der Waals surface area contributed by atoms with Crippen LogP contribution in [-0.2, 0) is 24.8 Å². The zero-order chi connectivity index (χ0) is 28.6. The second-order valence-corrected chi connectivity index (χ2v) is 10.3. The summed E-state index contributed by atoms with van der Waals surface area (Å²) in [5, 5.41) is 0.987. The molecular weight excluding hydrogens is 502 g/mol. The fourth-order valence-electron chi connectivity index (χ4n) is 5.07. The van der Waals surface area contributed by atoms with E-state index in [1.807, 2.05) is 56.7 Å². The van der Waals surface area contributed by atoms with Crippen LogP contribution in [0.2, 0.25) is 0 Å². The highest BCUT2D eigenvalue weighted by atomic mass is 16.5. The Morgan fingerprint density at radius 1 is 1.07 bits per heavy atom. The molecule has 0 spiro atoms. The van der Waals surface area contributed by atoms with E-state index in [9.17, 15) is 4.79 Å². The quantitative estimate of drug-likeness (QED) is 0.184. The molecule has 1 unspecified atom stereocenters. The molecule has 2 N–H and O–H groups in total. The zero-order valence-electron chi connectivity index (χ0n) is 23.6. The number of aryl methyl sites for hydroxylation is 1. The maximum atomic E-state index is 12.7. The van der Waals surface area contributed by atoms with Gasteiger partial charge in [0.25, 0.3) is 0 Å². The third kappa shape index (κ3) is 4.98. The van der Waals surface area contributed by atoms with Gasteiger partial charge in [-0.15, -0.1) is 6.58 Å². The molecule has 0 amide bonds. The van der Waals surface area contributed by atoms with E-state index < -0.39 is 5.97 Å². The lowest BCUT2D eigenvalue weighted by Gasteiger charge is -2.14. The predicted octanol–water partition coefficient (Wildman–Crippen LogP) is 5.96. The minimum Gasteiger partial charge on any atom is -0.494 e. The summed E-state index contributed by atoms with van der Waals surface area (Å²) in [7, 11) is 3.54. The Labute approximate surface area is 234 Å². The number of ether oxygens (including phenoxy) is 2. The van der Waals surface area contributed by atoms with Gasteiger partial charge in [-0.2, -0.15) is 0 Å². The number of nitrogens with two attached hydrogens (primary N) is 1. The van der Waals surface area contributed by atoms with Gasteiger partial charge in [0.05, 0.1) is 42.2 Å². The van der Waals surface area contributed by atoms with Crippen LogP contribution in [-0.4, -0.2) is 38.3 Å². The Hall–Kier alpha value is -4.43. The average Bonchev–Trinajstić information content (AvgIpc) is 3.45. The van der Waals surface area contributed by atoms with Crippen LogP contribution in [0.4, 0.5) is 0 Å². The summed E-state index contributed by atoms with van der Waals surface area (Å²) in [6, 6.07) is 17.7. The second-order valence-electron chi connectivity index (χ2n) is 10.3. The van der Waals surface area contributed by atoms with Crippen LogP contribution in [0.25, 0.3) is 33.6 Å². The lowest BCUT2D eigenvalue weighted by atomic mass is 10.0. The van der Waals surface area contributed by atoms with Crippen LogP contribution in [0.1, 0.15) is 54.0 Å². The van der Waals surface area contributed by atoms with E-state index >= 15 is 0 Å². The molecule has 0 aliphatic heterocycles. The minimum absolute atomic E-state index is 0.201. The molecule has 8 heteroatoms. The van der Waals surface area contributed by atoms with Gasteiger partial charge in [0.15, 0.2) is 5.82 Å². The Morgan fingerprint density at radius 3 is 2.50 bits per heavy atom. The van der Waals surface area contributed by atoms with Crippen molar-refractivity contribution >= 4 is 28.0 Å². The monoisotopic (exact) mass is 537 g/mol. The summed E-state index contributed by atoms with van der Waals surface area (Å²) in [4.78, 5) is 22.7. The molecular formula is C32H35N5O3. The second kappa shape index (κ2) is 11.0. The van der Waals surface area contributed by atoms with Gasteiger partial charge in [0.1, 0.15) is 16.9 Å². The summed E-state index contributed by atoms with van der Waals surface area (Å²) in [5.74, 6) is 0.859. The Balaban J connectivity index is 1.74. The molecule has 0 saturated carbocycles. The van der Waals surface area contributed by atoms with Gasteiger partial charge < -0.3 is 24.3 Å². The number of methoxy groups -OCH3 is 1. The Kier molecular flexibility index (Phi) is 7.45. The van der Waals surface area contributed by atoms with Gasteiger partial charge in [-0.1, -0.05) is 30.3 Å². The van der Waals surface area contributed by atoms with Crippen LogP contribution in [0.5, 0.6) is 5.75 Å². The summed E-state index contributed by atoms with van der Waals surface area (Å²) in [5.41, 5.74) is 12.9. The van der Waals surface area contributed by atoms with Crippen molar-refractivity contribution < 1.29 is 14.3 Å². The van der Waals surface area contributed by atoms with Crippen molar-refractivity contribution in [3.63, 3.8) is 0 Å². The van der Waals surface area contributed by atoms with Gasteiger partial charge in [0, 0.05) is 18.5 Å². The van der Waals surface area contributed by atoms with E-state index in [1.54, 1.807) is 19.2 Å². The molecule has 0 saturated heterocycles.